The molecule has 1 aromatic heterocycles. The van der Waals surface area contributed by atoms with E-state index in [4.69, 9.17) is 0 Å². The van der Waals surface area contributed by atoms with E-state index < -0.39 is 0 Å². The van der Waals surface area contributed by atoms with Crippen LogP contribution in [0, 0.1) is 5.92 Å². The van der Waals surface area contributed by atoms with Gasteiger partial charge in [0.15, 0.2) is 0 Å². The molecule has 0 saturated carbocycles. The number of hydrogen-bond acceptors (Lipinski definition) is 3. The van der Waals surface area contributed by atoms with E-state index in [0.717, 1.165) is 18.4 Å². The van der Waals surface area contributed by atoms with Gasteiger partial charge in [0.05, 0.1) is 5.92 Å². The summed E-state index contributed by atoms with van der Waals surface area (Å²) in [7, 11) is 1.88. The number of likely N-dealkylation sites (N-methyl/N-ethyl adjacent to an activating group) is 1. The number of carbonyl (C=O) groups excluding carboxylic acids is 2. The minimum atomic E-state index is -0.243. The van der Waals surface area contributed by atoms with Gasteiger partial charge in [-0.05, 0) is 35.6 Å². The summed E-state index contributed by atoms with van der Waals surface area (Å²) in [4.78, 5) is 33.0. The van der Waals surface area contributed by atoms with Crippen LogP contribution in [0.3, 0.4) is 0 Å². The van der Waals surface area contributed by atoms with E-state index in [2.05, 4.69) is 29.2 Å². The number of likely N-dealkylation sites (tertiary alicyclic amines) is 1. The molecule has 0 spiro atoms. The van der Waals surface area contributed by atoms with Crippen molar-refractivity contribution in [1.82, 2.24) is 14.8 Å². The van der Waals surface area contributed by atoms with Gasteiger partial charge in [0.25, 0.3) is 0 Å². The van der Waals surface area contributed by atoms with Crippen molar-refractivity contribution in [3.05, 3.63) is 65.5 Å². The minimum Gasteiger partial charge on any atom is -0.342 e. The molecule has 2 aliphatic rings. The summed E-state index contributed by atoms with van der Waals surface area (Å²) in [6, 6.07) is 12.4. The zero-order valence-electron chi connectivity index (χ0n) is 15.0. The van der Waals surface area contributed by atoms with Crippen LogP contribution < -0.4 is 0 Å². The lowest BCUT2D eigenvalue weighted by molar-refractivity contribution is -0.136. The summed E-state index contributed by atoms with van der Waals surface area (Å²) in [5.74, 6) is -0.104. The number of carbonyl (C=O) groups is 2. The quantitative estimate of drug-likeness (QED) is 0.849. The molecule has 1 aromatic carbocycles. The Kier molecular flexibility index (Phi) is 4.45. The van der Waals surface area contributed by atoms with Gasteiger partial charge in [-0.25, -0.2) is 0 Å². The van der Waals surface area contributed by atoms with Gasteiger partial charge in [-0.3, -0.25) is 14.6 Å². The van der Waals surface area contributed by atoms with E-state index in [9.17, 15) is 9.59 Å². The van der Waals surface area contributed by atoms with Crippen LogP contribution in [0.15, 0.2) is 48.8 Å². The van der Waals surface area contributed by atoms with Crippen molar-refractivity contribution in [3.63, 3.8) is 0 Å². The number of rotatable bonds is 4. The predicted octanol–water partition coefficient (Wildman–Crippen LogP) is 2.06. The predicted molar refractivity (Wildman–Crippen MR) is 98.2 cm³/mol. The second kappa shape index (κ2) is 6.90. The van der Waals surface area contributed by atoms with Gasteiger partial charge in [0.1, 0.15) is 0 Å². The van der Waals surface area contributed by atoms with Crippen molar-refractivity contribution in [1.29, 1.82) is 0 Å². The summed E-state index contributed by atoms with van der Waals surface area (Å²) >= 11 is 0. The molecule has 1 saturated heterocycles. The molecule has 0 radical (unpaired) electrons. The Balaban J connectivity index is 1.39. The van der Waals surface area contributed by atoms with E-state index >= 15 is 0 Å². The Labute approximate surface area is 153 Å². The van der Waals surface area contributed by atoms with Gasteiger partial charge in [0, 0.05) is 45.0 Å². The lowest BCUT2D eigenvalue weighted by atomic mass is 10.1. The number of pyridine rings is 1. The lowest BCUT2D eigenvalue weighted by Gasteiger charge is -2.27. The second-order valence-corrected chi connectivity index (χ2v) is 7.32. The van der Waals surface area contributed by atoms with Crippen LogP contribution in [0.4, 0.5) is 0 Å². The number of fused-ring (bicyclic) bond motifs is 1. The van der Waals surface area contributed by atoms with Gasteiger partial charge in [-0.1, -0.05) is 30.3 Å². The summed E-state index contributed by atoms with van der Waals surface area (Å²) in [6.45, 7) is 1.02. The molecule has 0 N–H and O–H groups in total. The minimum absolute atomic E-state index is 0.0512. The highest BCUT2D eigenvalue weighted by Crippen LogP contribution is 2.28. The fourth-order valence-electron chi connectivity index (χ4n) is 4.08. The van der Waals surface area contributed by atoms with Crippen molar-refractivity contribution in [2.45, 2.75) is 31.8 Å². The molecule has 2 aromatic rings. The zero-order valence-corrected chi connectivity index (χ0v) is 15.0. The van der Waals surface area contributed by atoms with E-state index in [-0.39, 0.29) is 23.8 Å². The molecule has 1 aliphatic heterocycles. The standard InChI is InChI=1S/C21H23N3O2/c1-23(19-9-16-6-2-3-7-17(16)10-19)21(26)18-11-20(25)24(14-18)13-15-5-4-8-22-12-15/h2-8,12,18-19H,9-11,13-14H2,1H3/t18-/m1/s1. The Morgan fingerprint density at radius 3 is 2.54 bits per heavy atom. The first-order valence-electron chi connectivity index (χ1n) is 9.12. The molecule has 134 valence electrons. The van der Waals surface area contributed by atoms with Gasteiger partial charge >= 0.3 is 0 Å². The molecule has 2 heterocycles. The van der Waals surface area contributed by atoms with Crippen LogP contribution in [0.5, 0.6) is 0 Å². The highest BCUT2D eigenvalue weighted by molar-refractivity contribution is 5.89. The Morgan fingerprint density at radius 1 is 1.15 bits per heavy atom. The molecule has 1 aliphatic carbocycles. The molecule has 2 amide bonds. The normalized spacial score (nSPS) is 19.7. The monoisotopic (exact) mass is 349 g/mol. The molecule has 0 bridgehead atoms. The van der Waals surface area contributed by atoms with Crippen molar-refractivity contribution in [2.75, 3.05) is 13.6 Å². The average molecular weight is 349 g/mol. The maximum absolute atomic E-state index is 13.0. The highest BCUT2D eigenvalue weighted by atomic mass is 16.2. The van der Waals surface area contributed by atoms with Crippen LogP contribution in [0.25, 0.3) is 0 Å². The molecular weight excluding hydrogens is 326 g/mol. The number of benzene rings is 1. The molecule has 26 heavy (non-hydrogen) atoms. The zero-order chi connectivity index (χ0) is 18.1. The number of hydrogen-bond donors (Lipinski definition) is 0. The third-order valence-corrected chi connectivity index (χ3v) is 5.58. The SMILES string of the molecule is CN(C(=O)[C@@H]1CC(=O)N(Cc2cccnc2)C1)C1Cc2ccccc2C1. The highest BCUT2D eigenvalue weighted by Gasteiger charge is 2.38. The molecule has 5 nitrogen and oxygen atoms in total. The molecule has 1 atom stereocenters. The fourth-order valence-corrected chi connectivity index (χ4v) is 4.08. The van der Waals surface area contributed by atoms with E-state index in [1.807, 2.05) is 24.1 Å². The van der Waals surface area contributed by atoms with E-state index in [1.54, 1.807) is 17.3 Å². The maximum Gasteiger partial charge on any atom is 0.228 e. The third kappa shape index (κ3) is 3.21. The number of aromatic nitrogens is 1. The van der Waals surface area contributed by atoms with Gasteiger partial charge < -0.3 is 9.80 Å². The summed E-state index contributed by atoms with van der Waals surface area (Å²) in [6.07, 6.45) is 5.60. The largest absolute Gasteiger partial charge is 0.342 e. The van der Waals surface area contributed by atoms with Gasteiger partial charge in [-0.2, -0.15) is 0 Å². The first-order chi connectivity index (χ1) is 12.6. The van der Waals surface area contributed by atoms with Crippen molar-refractivity contribution in [3.8, 4) is 0 Å². The summed E-state index contributed by atoms with van der Waals surface area (Å²) < 4.78 is 0. The topological polar surface area (TPSA) is 53.5 Å². The first-order valence-corrected chi connectivity index (χ1v) is 9.12. The fraction of sp³-hybridized carbons (Fsp3) is 0.381. The molecule has 4 rings (SSSR count). The number of nitrogens with zero attached hydrogens (tertiary/aromatic N) is 3. The Bertz CT molecular complexity index is 796. The van der Waals surface area contributed by atoms with Crippen LogP contribution in [0.2, 0.25) is 0 Å². The maximum atomic E-state index is 13.0. The first kappa shape index (κ1) is 16.8. The summed E-state index contributed by atoms with van der Waals surface area (Å²) in [5.41, 5.74) is 3.66. The molecular formula is C21H23N3O2. The van der Waals surface area contributed by atoms with Crippen LogP contribution in [-0.2, 0) is 29.0 Å². The molecule has 1 fully saturated rings. The van der Waals surface area contributed by atoms with Crippen LogP contribution >= 0.6 is 0 Å². The molecule has 5 heteroatoms. The van der Waals surface area contributed by atoms with Gasteiger partial charge in [0.2, 0.25) is 11.8 Å². The Hall–Kier alpha value is -2.69. The average Bonchev–Trinajstić information content (AvgIpc) is 3.25. The second-order valence-electron chi connectivity index (χ2n) is 7.32. The van der Waals surface area contributed by atoms with E-state index in [1.165, 1.54) is 11.1 Å². The van der Waals surface area contributed by atoms with E-state index in [0.29, 0.717) is 19.5 Å². The van der Waals surface area contributed by atoms with Crippen molar-refractivity contribution >= 4 is 11.8 Å². The number of amides is 2. The van der Waals surface area contributed by atoms with Crippen LogP contribution in [0.1, 0.15) is 23.1 Å². The summed E-state index contributed by atoms with van der Waals surface area (Å²) in [5, 5.41) is 0. The van der Waals surface area contributed by atoms with Crippen LogP contribution in [-0.4, -0.2) is 46.2 Å². The van der Waals surface area contributed by atoms with Crippen molar-refractivity contribution in [2.24, 2.45) is 5.92 Å². The van der Waals surface area contributed by atoms with Gasteiger partial charge in [-0.15, -0.1) is 0 Å². The smallest absolute Gasteiger partial charge is 0.228 e. The lowest BCUT2D eigenvalue weighted by Crippen LogP contribution is -2.42. The van der Waals surface area contributed by atoms with Crippen molar-refractivity contribution < 1.29 is 9.59 Å². The third-order valence-electron chi connectivity index (χ3n) is 5.58. The Morgan fingerprint density at radius 2 is 1.88 bits per heavy atom. The molecule has 0 unspecified atom stereocenters.